The van der Waals surface area contributed by atoms with Gasteiger partial charge in [-0.15, -0.1) is 0 Å². The largest absolute Gasteiger partial charge is 0.269 e. The number of rotatable bonds is 5. The molecule has 0 saturated heterocycles. The summed E-state index contributed by atoms with van der Waals surface area (Å²) in [5.41, 5.74) is 0.542. The first-order valence-electron chi connectivity index (χ1n) is 7.09. The third-order valence-electron chi connectivity index (χ3n) is 4.02. The Bertz CT molecular complexity index is 592. The zero-order chi connectivity index (χ0) is 15.5. The molecule has 0 aromatic heterocycles. The molecule has 1 aliphatic carbocycles. The minimum atomic E-state index is -3.38. The summed E-state index contributed by atoms with van der Waals surface area (Å²) < 4.78 is 26.3. The molecule has 0 aliphatic heterocycles. The molecule has 0 amide bonds. The normalized spacial score (nSPS) is 17.0. The van der Waals surface area contributed by atoms with Gasteiger partial charge in [0.05, 0.1) is 10.7 Å². The van der Waals surface area contributed by atoms with E-state index in [2.05, 4.69) is 0 Å². The summed E-state index contributed by atoms with van der Waals surface area (Å²) >= 11 is 0. The first-order valence-corrected chi connectivity index (χ1v) is 8.70. The summed E-state index contributed by atoms with van der Waals surface area (Å²) in [4.78, 5) is 10.1. The highest BCUT2D eigenvalue weighted by molar-refractivity contribution is 7.88. The average molecular weight is 312 g/mol. The van der Waals surface area contributed by atoms with E-state index in [1.165, 1.54) is 35.0 Å². The monoisotopic (exact) mass is 312 g/mol. The van der Waals surface area contributed by atoms with E-state index in [1.807, 2.05) is 0 Å². The number of nitro benzene ring substituents is 1. The predicted molar refractivity (Wildman–Crippen MR) is 80.4 cm³/mol. The molecule has 1 aromatic rings. The van der Waals surface area contributed by atoms with Gasteiger partial charge in [-0.2, -0.15) is 0 Å². The highest BCUT2D eigenvalue weighted by atomic mass is 32.2. The summed E-state index contributed by atoms with van der Waals surface area (Å²) in [5, 5.41) is 10.6. The Morgan fingerprint density at radius 2 is 1.76 bits per heavy atom. The molecular weight excluding hydrogens is 292 g/mol. The number of sulfonamides is 1. The zero-order valence-electron chi connectivity index (χ0n) is 12.1. The van der Waals surface area contributed by atoms with E-state index in [4.69, 9.17) is 0 Å². The van der Waals surface area contributed by atoms with Crippen LogP contribution in [0, 0.1) is 10.1 Å². The molecule has 2 rings (SSSR count). The molecule has 0 spiro atoms. The zero-order valence-corrected chi connectivity index (χ0v) is 12.9. The number of nitrogens with zero attached hydrogens (tertiary/aromatic N) is 2. The number of hydrogen-bond donors (Lipinski definition) is 0. The quantitative estimate of drug-likeness (QED) is 0.618. The summed E-state index contributed by atoms with van der Waals surface area (Å²) in [6.07, 6.45) is 5.14. The second kappa shape index (κ2) is 6.53. The Balaban J connectivity index is 2.07. The van der Waals surface area contributed by atoms with Crippen molar-refractivity contribution in [2.24, 2.45) is 0 Å². The van der Waals surface area contributed by atoms with Crippen LogP contribution in [0.15, 0.2) is 24.3 Å². The minimum Gasteiger partial charge on any atom is -0.258 e. The fraction of sp³-hybridized carbons (Fsp3) is 0.571. The van der Waals surface area contributed by atoms with Crippen molar-refractivity contribution in [2.45, 2.75) is 43.9 Å². The first kappa shape index (κ1) is 15.9. The molecule has 1 aromatic carbocycles. The predicted octanol–water partition coefficient (Wildman–Crippen LogP) is 2.69. The third-order valence-corrected chi connectivity index (χ3v) is 5.90. The second-order valence-electron chi connectivity index (χ2n) is 5.49. The van der Waals surface area contributed by atoms with E-state index in [0.717, 1.165) is 25.7 Å². The molecule has 7 heteroatoms. The molecule has 1 fully saturated rings. The van der Waals surface area contributed by atoms with Crippen LogP contribution in [0.1, 0.15) is 37.7 Å². The van der Waals surface area contributed by atoms with Gasteiger partial charge in [0.2, 0.25) is 10.0 Å². The van der Waals surface area contributed by atoms with Crippen molar-refractivity contribution in [2.75, 3.05) is 7.05 Å². The molecule has 0 heterocycles. The van der Waals surface area contributed by atoms with Crippen molar-refractivity contribution in [1.29, 1.82) is 0 Å². The minimum absolute atomic E-state index is 0.0308. The number of nitro groups is 1. The van der Waals surface area contributed by atoms with Gasteiger partial charge in [0.15, 0.2) is 0 Å². The molecule has 21 heavy (non-hydrogen) atoms. The lowest BCUT2D eigenvalue weighted by Gasteiger charge is -2.30. The van der Waals surface area contributed by atoms with Crippen LogP contribution in [0.2, 0.25) is 0 Å². The van der Waals surface area contributed by atoms with Gasteiger partial charge in [-0.3, -0.25) is 10.1 Å². The summed E-state index contributed by atoms with van der Waals surface area (Å²) in [5.74, 6) is -0.113. The highest BCUT2D eigenvalue weighted by Gasteiger charge is 2.27. The van der Waals surface area contributed by atoms with Gasteiger partial charge >= 0.3 is 0 Å². The second-order valence-corrected chi connectivity index (χ2v) is 7.52. The van der Waals surface area contributed by atoms with Gasteiger partial charge in [0, 0.05) is 25.2 Å². The van der Waals surface area contributed by atoms with Crippen molar-refractivity contribution in [3.63, 3.8) is 0 Å². The van der Waals surface area contributed by atoms with Crippen LogP contribution in [0.3, 0.4) is 0 Å². The van der Waals surface area contributed by atoms with E-state index >= 15 is 0 Å². The van der Waals surface area contributed by atoms with Crippen LogP contribution in [-0.4, -0.2) is 30.7 Å². The lowest BCUT2D eigenvalue weighted by atomic mass is 9.96. The van der Waals surface area contributed by atoms with Crippen LogP contribution in [0.25, 0.3) is 0 Å². The lowest BCUT2D eigenvalue weighted by molar-refractivity contribution is -0.384. The van der Waals surface area contributed by atoms with Crippen LogP contribution in [-0.2, 0) is 15.8 Å². The van der Waals surface area contributed by atoms with E-state index in [9.17, 15) is 18.5 Å². The summed E-state index contributed by atoms with van der Waals surface area (Å²) in [6, 6.07) is 5.77. The standard InChI is InChI=1S/C14H20N2O4S/c1-15(13-5-3-2-4-6-13)21(19,20)11-12-7-9-14(10-8-12)16(17)18/h7-10,13H,2-6,11H2,1H3. The molecular formula is C14H20N2O4S. The van der Waals surface area contributed by atoms with Crippen LogP contribution in [0.4, 0.5) is 5.69 Å². The van der Waals surface area contributed by atoms with Gasteiger partial charge in [-0.25, -0.2) is 12.7 Å². The van der Waals surface area contributed by atoms with Crippen molar-refractivity contribution >= 4 is 15.7 Å². The molecule has 0 radical (unpaired) electrons. The average Bonchev–Trinajstić information content (AvgIpc) is 2.47. The SMILES string of the molecule is CN(C1CCCCC1)S(=O)(=O)Cc1ccc([N+](=O)[O-])cc1. The number of non-ortho nitro benzene ring substituents is 1. The smallest absolute Gasteiger partial charge is 0.258 e. The first-order chi connectivity index (χ1) is 9.90. The van der Waals surface area contributed by atoms with Gasteiger partial charge in [-0.05, 0) is 18.4 Å². The Morgan fingerprint density at radius 3 is 2.29 bits per heavy atom. The maximum atomic E-state index is 12.4. The Hall–Kier alpha value is -1.47. The molecule has 0 unspecified atom stereocenters. The van der Waals surface area contributed by atoms with Gasteiger partial charge in [0.25, 0.3) is 5.69 Å². The Labute approximate surface area is 125 Å². The Morgan fingerprint density at radius 1 is 1.19 bits per heavy atom. The fourth-order valence-electron chi connectivity index (χ4n) is 2.70. The molecule has 116 valence electrons. The topological polar surface area (TPSA) is 80.5 Å². The van der Waals surface area contributed by atoms with Crippen molar-refractivity contribution in [3.8, 4) is 0 Å². The highest BCUT2D eigenvalue weighted by Crippen LogP contribution is 2.25. The van der Waals surface area contributed by atoms with Crippen LogP contribution >= 0.6 is 0 Å². The molecule has 1 aliphatic rings. The van der Waals surface area contributed by atoms with Crippen molar-refractivity contribution in [1.82, 2.24) is 4.31 Å². The molecule has 0 atom stereocenters. The van der Waals surface area contributed by atoms with E-state index in [-0.39, 0.29) is 17.5 Å². The van der Waals surface area contributed by atoms with Crippen LogP contribution < -0.4 is 0 Å². The summed E-state index contributed by atoms with van der Waals surface area (Å²) in [7, 11) is -1.75. The molecule has 0 bridgehead atoms. The van der Waals surface area contributed by atoms with Crippen molar-refractivity contribution in [3.05, 3.63) is 39.9 Å². The van der Waals surface area contributed by atoms with E-state index in [0.29, 0.717) is 5.56 Å². The molecule has 1 saturated carbocycles. The maximum absolute atomic E-state index is 12.4. The molecule has 6 nitrogen and oxygen atoms in total. The van der Waals surface area contributed by atoms with Crippen molar-refractivity contribution < 1.29 is 13.3 Å². The number of hydrogen-bond acceptors (Lipinski definition) is 4. The van der Waals surface area contributed by atoms with Gasteiger partial charge < -0.3 is 0 Å². The number of benzene rings is 1. The molecule has 0 N–H and O–H groups in total. The fourth-order valence-corrected chi connectivity index (χ4v) is 4.18. The lowest BCUT2D eigenvalue weighted by Crippen LogP contribution is -2.38. The van der Waals surface area contributed by atoms with E-state index in [1.54, 1.807) is 7.05 Å². The Kier molecular flexibility index (Phi) is 4.95. The van der Waals surface area contributed by atoms with Gasteiger partial charge in [0.1, 0.15) is 0 Å². The summed E-state index contributed by atoms with van der Waals surface area (Å²) in [6.45, 7) is 0. The van der Waals surface area contributed by atoms with Gasteiger partial charge in [-0.1, -0.05) is 31.4 Å². The van der Waals surface area contributed by atoms with Crippen LogP contribution in [0.5, 0.6) is 0 Å². The third kappa shape index (κ3) is 4.01. The maximum Gasteiger partial charge on any atom is 0.269 e. The van der Waals surface area contributed by atoms with E-state index < -0.39 is 14.9 Å².